The lowest BCUT2D eigenvalue weighted by Crippen LogP contribution is -2.46. The van der Waals surface area contributed by atoms with Gasteiger partial charge in [-0.15, -0.1) is 0 Å². The van der Waals surface area contributed by atoms with Gasteiger partial charge in [0.1, 0.15) is 6.04 Å². The smallest absolute Gasteiger partial charge is 0.242 e. The van der Waals surface area contributed by atoms with Crippen molar-refractivity contribution in [3.05, 3.63) is 70.7 Å². The molecule has 0 fully saturated rings. The summed E-state index contributed by atoms with van der Waals surface area (Å²) in [7, 11) is 1.57. The molecule has 132 valence electrons. The van der Waals surface area contributed by atoms with E-state index < -0.39 is 6.04 Å². The van der Waals surface area contributed by atoms with Crippen LogP contribution < -0.4 is 5.32 Å². The highest BCUT2D eigenvalue weighted by Crippen LogP contribution is 2.19. The number of carbonyl (C=O) groups is 2. The topological polar surface area (TPSA) is 49.4 Å². The molecule has 0 heterocycles. The Kier molecular flexibility index (Phi) is 7.02. The normalized spacial score (nSPS) is 11.6. The molecule has 0 radical (unpaired) electrons. The molecule has 5 heteroatoms. The van der Waals surface area contributed by atoms with Gasteiger partial charge < -0.3 is 10.2 Å². The summed E-state index contributed by atoms with van der Waals surface area (Å²) < 4.78 is 0. The fourth-order valence-electron chi connectivity index (χ4n) is 2.64. The van der Waals surface area contributed by atoms with Crippen molar-refractivity contribution in [2.75, 3.05) is 7.05 Å². The molecule has 1 N–H and O–H groups in total. The number of rotatable bonds is 7. The van der Waals surface area contributed by atoms with E-state index in [0.717, 1.165) is 11.1 Å². The van der Waals surface area contributed by atoms with E-state index in [1.54, 1.807) is 24.9 Å². The Hall–Kier alpha value is -2.33. The van der Waals surface area contributed by atoms with E-state index in [0.29, 0.717) is 24.4 Å². The number of nitrogens with zero attached hydrogens (tertiary/aromatic N) is 1. The number of carbonyl (C=O) groups excluding carboxylic acids is 2. The Bertz CT molecular complexity index is 719. The first-order valence-corrected chi connectivity index (χ1v) is 8.69. The van der Waals surface area contributed by atoms with Crippen molar-refractivity contribution in [1.29, 1.82) is 0 Å². The standard InChI is InChI=1S/C20H23ClN2O2/c1-15(20(25)22-2)23(14-17-10-6-7-11-18(17)21)19(24)13-12-16-8-4-3-5-9-16/h3-11,15H,12-14H2,1-2H3,(H,22,25)/t15-/m0/s1. The molecule has 2 rings (SSSR count). The molecule has 2 aromatic rings. The van der Waals surface area contributed by atoms with E-state index in [4.69, 9.17) is 11.6 Å². The minimum absolute atomic E-state index is 0.0696. The Balaban J connectivity index is 2.14. The van der Waals surface area contributed by atoms with Gasteiger partial charge in [-0.3, -0.25) is 9.59 Å². The summed E-state index contributed by atoms with van der Waals surface area (Å²) >= 11 is 6.23. The third-order valence-corrected chi connectivity index (χ3v) is 4.55. The lowest BCUT2D eigenvalue weighted by molar-refractivity contribution is -0.140. The zero-order chi connectivity index (χ0) is 18.2. The van der Waals surface area contributed by atoms with E-state index in [1.807, 2.05) is 48.5 Å². The van der Waals surface area contributed by atoms with Crippen LogP contribution in [0, 0.1) is 0 Å². The highest BCUT2D eigenvalue weighted by Gasteiger charge is 2.25. The van der Waals surface area contributed by atoms with Gasteiger partial charge in [0, 0.05) is 25.0 Å². The van der Waals surface area contributed by atoms with E-state index in [9.17, 15) is 9.59 Å². The fourth-order valence-corrected chi connectivity index (χ4v) is 2.84. The number of likely N-dealkylation sites (N-methyl/N-ethyl adjacent to an activating group) is 1. The number of aryl methyl sites for hydroxylation is 1. The predicted molar refractivity (Wildman–Crippen MR) is 100 cm³/mol. The Morgan fingerprint density at radius 1 is 1.08 bits per heavy atom. The molecular formula is C20H23ClN2O2. The SMILES string of the molecule is CNC(=O)[C@H](C)N(Cc1ccccc1Cl)C(=O)CCc1ccccc1. The molecular weight excluding hydrogens is 336 g/mol. The third-order valence-electron chi connectivity index (χ3n) is 4.18. The maximum absolute atomic E-state index is 12.8. The summed E-state index contributed by atoms with van der Waals surface area (Å²) in [4.78, 5) is 26.5. The maximum Gasteiger partial charge on any atom is 0.242 e. The van der Waals surface area contributed by atoms with Gasteiger partial charge in [0.15, 0.2) is 0 Å². The first kappa shape index (κ1) is 19.0. The molecule has 0 aliphatic carbocycles. The molecule has 2 amide bonds. The average Bonchev–Trinajstić information content (AvgIpc) is 2.65. The maximum atomic E-state index is 12.8. The molecule has 2 aromatic carbocycles. The summed E-state index contributed by atoms with van der Waals surface area (Å²) in [6.45, 7) is 2.04. The van der Waals surface area contributed by atoms with Crippen molar-refractivity contribution in [3.63, 3.8) is 0 Å². The minimum atomic E-state index is -0.565. The van der Waals surface area contributed by atoms with Crippen LogP contribution in [-0.2, 0) is 22.6 Å². The summed E-state index contributed by atoms with van der Waals surface area (Å²) in [6, 6.07) is 16.6. The molecule has 0 saturated heterocycles. The monoisotopic (exact) mass is 358 g/mol. The molecule has 0 spiro atoms. The Labute approximate surface area is 153 Å². The molecule has 0 aliphatic rings. The zero-order valence-corrected chi connectivity index (χ0v) is 15.3. The van der Waals surface area contributed by atoms with Crippen molar-refractivity contribution >= 4 is 23.4 Å². The first-order chi connectivity index (χ1) is 12.0. The first-order valence-electron chi connectivity index (χ1n) is 8.31. The number of hydrogen-bond donors (Lipinski definition) is 1. The van der Waals surface area contributed by atoms with Gasteiger partial charge in [-0.1, -0.05) is 60.1 Å². The van der Waals surface area contributed by atoms with Crippen molar-refractivity contribution in [2.24, 2.45) is 0 Å². The molecule has 0 aliphatic heterocycles. The predicted octanol–water partition coefficient (Wildman–Crippen LogP) is 3.44. The zero-order valence-electron chi connectivity index (χ0n) is 14.5. The van der Waals surface area contributed by atoms with Gasteiger partial charge in [0.25, 0.3) is 0 Å². The van der Waals surface area contributed by atoms with E-state index in [1.165, 1.54) is 0 Å². The second kappa shape index (κ2) is 9.23. The van der Waals surface area contributed by atoms with Gasteiger partial charge >= 0.3 is 0 Å². The second-order valence-corrected chi connectivity index (χ2v) is 6.30. The molecule has 0 saturated carbocycles. The summed E-state index contributed by atoms with van der Waals surface area (Å²) in [6.07, 6.45) is 0.981. The van der Waals surface area contributed by atoms with Crippen LogP contribution in [0.2, 0.25) is 5.02 Å². The van der Waals surface area contributed by atoms with E-state index in [2.05, 4.69) is 5.32 Å². The summed E-state index contributed by atoms with van der Waals surface area (Å²) in [5.74, 6) is -0.264. The molecule has 0 bridgehead atoms. The largest absolute Gasteiger partial charge is 0.357 e. The lowest BCUT2D eigenvalue weighted by Gasteiger charge is -2.28. The van der Waals surface area contributed by atoms with Crippen LogP contribution in [0.15, 0.2) is 54.6 Å². The van der Waals surface area contributed by atoms with E-state index in [-0.39, 0.29) is 11.8 Å². The van der Waals surface area contributed by atoms with Crippen LogP contribution in [0.5, 0.6) is 0 Å². The van der Waals surface area contributed by atoms with Crippen LogP contribution >= 0.6 is 11.6 Å². The summed E-state index contributed by atoms with van der Waals surface area (Å²) in [5.41, 5.74) is 1.93. The lowest BCUT2D eigenvalue weighted by atomic mass is 10.1. The van der Waals surface area contributed by atoms with Crippen LogP contribution in [0.3, 0.4) is 0 Å². The van der Waals surface area contributed by atoms with Crippen LogP contribution in [0.25, 0.3) is 0 Å². The average molecular weight is 359 g/mol. The van der Waals surface area contributed by atoms with E-state index >= 15 is 0 Å². The molecule has 1 atom stereocenters. The number of benzene rings is 2. The molecule has 4 nitrogen and oxygen atoms in total. The van der Waals surface area contributed by atoms with Crippen LogP contribution in [0.4, 0.5) is 0 Å². The number of hydrogen-bond acceptors (Lipinski definition) is 2. The highest BCUT2D eigenvalue weighted by molar-refractivity contribution is 6.31. The van der Waals surface area contributed by atoms with Crippen LogP contribution in [0.1, 0.15) is 24.5 Å². The van der Waals surface area contributed by atoms with Gasteiger partial charge in [0.05, 0.1) is 0 Å². The molecule has 25 heavy (non-hydrogen) atoms. The highest BCUT2D eigenvalue weighted by atomic mass is 35.5. The number of amides is 2. The minimum Gasteiger partial charge on any atom is -0.357 e. The van der Waals surface area contributed by atoms with Gasteiger partial charge in [-0.25, -0.2) is 0 Å². The quantitative estimate of drug-likeness (QED) is 0.824. The van der Waals surface area contributed by atoms with Crippen LogP contribution in [-0.4, -0.2) is 29.8 Å². The second-order valence-electron chi connectivity index (χ2n) is 5.89. The third kappa shape index (κ3) is 5.33. The number of halogens is 1. The summed E-state index contributed by atoms with van der Waals surface area (Å²) in [5, 5.41) is 3.20. The Morgan fingerprint density at radius 2 is 1.72 bits per heavy atom. The van der Waals surface area contributed by atoms with Gasteiger partial charge in [0.2, 0.25) is 11.8 Å². The number of nitrogens with one attached hydrogen (secondary N) is 1. The Morgan fingerprint density at radius 3 is 2.36 bits per heavy atom. The van der Waals surface area contributed by atoms with Gasteiger partial charge in [-0.05, 0) is 30.5 Å². The molecule has 0 unspecified atom stereocenters. The van der Waals surface area contributed by atoms with Gasteiger partial charge in [-0.2, -0.15) is 0 Å². The van der Waals surface area contributed by atoms with Crippen molar-refractivity contribution in [1.82, 2.24) is 10.2 Å². The van der Waals surface area contributed by atoms with Crippen molar-refractivity contribution in [3.8, 4) is 0 Å². The van der Waals surface area contributed by atoms with Crippen molar-refractivity contribution < 1.29 is 9.59 Å². The fraction of sp³-hybridized carbons (Fsp3) is 0.300. The molecule has 0 aromatic heterocycles. The van der Waals surface area contributed by atoms with Crippen molar-refractivity contribution in [2.45, 2.75) is 32.4 Å².